The van der Waals surface area contributed by atoms with Gasteiger partial charge in [-0.15, -0.1) is 33.2 Å². The quantitative estimate of drug-likeness (QED) is 0.512. The number of hydrogen-bond donors (Lipinski definition) is 0. The SMILES string of the molecule is CC1=C(c2ccccc2)[SiH2]C(c2ccc([Si](Cl)(Cl)Cl)cc2)=C1C. The highest BCUT2D eigenvalue weighted by Gasteiger charge is 2.28. The maximum absolute atomic E-state index is 6.08. The Bertz CT molecular complexity index is 785. The smallest absolute Gasteiger partial charge is 0.121 e. The van der Waals surface area contributed by atoms with E-state index in [0.717, 1.165) is 5.19 Å². The Morgan fingerprint density at radius 2 is 1.17 bits per heavy atom. The van der Waals surface area contributed by atoms with Gasteiger partial charge in [0.25, 0.3) is 0 Å². The molecule has 5 heteroatoms. The van der Waals surface area contributed by atoms with Crippen LogP contribution in [-0.2, 0) is 0 Å². The van der Waals surface area contributed by atoms with E-state index in [-0.39, 0.29) is 0 Å². The van der Waals surface area contributed by atoms with E-state index >= 15 is 0 Å². The molecule has 0 saturated carbocycles. The van der Waals surface area contributed by atoms with Crippen LogP contribution in [0.4, 0.5) is 0 Å². The van der Waals surface area contributed by atoms with Crippen molar-refractivity contribution >= 4 is 64.3 Å². The predicted octanol–water partition coefficient (Wildman–Crippen LogP) is 4.89. The lowest BCUT2D eigenvalue weighted by atomic mass is 10.0. The van der Waals surface area contributed by atoms with E-state index in [1.54, 1.807) is 0 Å². The molecular weight excluding hydrogens is 379 g/mol. The van der Waals surface area contributed by atoms with Crippen molar-refractivity contribution in [1.82, 2.24) is 0 Å². The van der Waals surface area contributed by atoms with Crippen molar-refractivity contribution < 1.29 is 0 Å². The second-order valence-electron chi connectivity index (χ2n) is 5.83. The first-order valence-corrected chi connectivity index (χ1v) is 14.0. The Kier molecular flexibility index (Phi) is 4.91. The molecule has 0 fully saturated rings. The minimum atomic E-state index is -2.79. The van der Waals surface area contributed by atoms with E-state index < -0.39 is 15.5 Å². The number of halogens is 3. The monoisotopic (exact) mass is 394 g/mol. The van der Waals surface area contributed by atoms with Crippen molar-refractivity contribution in [2.45, 2.75) is 13.8 Å². The summed E-state index contributed by atoms with van der Waals surface area (Å²) in [6.07, 6.45) is 0. The zero-order chi connectivity index (χ0) is 16.6. The Balaban J connectivity index is 1.92. The first kappa shape index (κ1) is 17.1. The minimum Gasteiger partial charge on any atom is -0.121 e. The molecule has 1 heterocycles. The van der Waals surface area contributed by atoms with Crippen LogP contribution >= 0.6 is 33.2 Å². The first-order chi connectivity index (χ1) is 10.9. The summed E-state index contributed by atoms with van der Waals surface area (Å²) >= 11 is 18.3. The summed E-state index contributed by atoms with van der Waals surface area (Å²) in [5, 5.41) is 3.88. The molecule has 0 bridgehead atoms. The molecule has 0 radical (unpaired) electrons. The van der Waals surface area contributed by atoms with Crippen LogP contribution in [0.3, 0.4) is 0 Å². The average Bonchev–Trinajstić information content (AvgIpc) is 2.84. The van der Waals surface area contributed by atoms with Gasteiger partial charge >= 0.3 is 6.00 Å². The Morgan fingerprint density at radius 1 is 0.696 bits per heavy atom. The third kappa shape index (κ3) is 3.52. The van der Waals surface area contributed by atoms with Crippen molar-refractivity contribution in [2.75, 3.05) is 0 Å². The maximum atomic E-state index is 6.08. The van der Waals surface area contributed by atoms with Crippen LogP contribution in [0.25, 0.3) is 10.4 Å². The zero-order valence-electron chi connectivity index (χ0n) is 13.0. The Hall–Kier alpha value is -0.776. The maximum Gasteiger partial charge on any atom is 0.372 e. The summed E-state index contributed by atoms with van der Waals surface area (Å²) in [6, 6.07) is 16.1. The van der Waals surface area contributed by atoms with Crippen LogP contribution < -0.4 is 5.19 Å². The van der Waals surface area contributed by atoms with Gasteiger partial charge in [-0.05, 0) is 41.3 Å². The van der Waals surface area contributed by atoms with Crippen LogP contribution in [0, 0.1) is 0 Å². The highest BCUT2D eigenvalue weighted by molar-refractivity contribution is 7.69. The van der Waals surface area contributed by atoms with E-state index in [1.165, 1.54) is 32.7 Å². The molecular formula is C18H17Cl3Si2. The number of allylic oxidation sites excluding steroid dienone is 2. The molecule has 0 saturated heterocycles. The van der Waals surface area contributed by atoms with Gasteiger partial charge in [0.15, 0.2) is 0 Å². The van der Waals surface area contributed by atoms with Crippen LogP contribution in [0.15, 0.2) is 65.7 Å². The summed E-state index contributed by atoms with van der Waals surface area (Å²) in [6.45, 7) is 4.46. The van der Waals surface area contributed by atoms with Crippen molar-refractivity contribution in [3.05, 3.63) is 76.9 Å². The van der Waals surface area contributed by atoms with Crippen molar-refractivity contribution in [1.29, 1.82) is 0 Å². The first-order valence-electron chi connectivity index (χ1n) is 7.51. The molecule has 0 N–H and O–H groups in total. The van der Waals surface area contributed by atoms with Gasteiger partial charge in [-0.3, -0.25) is 0 Å². The summed E-state index contributed by atoms with van der Waals surface area (Å²) in [4.78, 5) is 0. The van der Waals surface area contributed by atoms with Gasteiger partial charge in [-0.25, -0.2) is 0 Å². The summed E-state index contributed by atoms with van der Waals surface area (Å²) < 4.78 is 0. The van der Waals surface area contributed by atoms with Crippen LogP contribution in [0.5, 0.6) is 0 Å². The fraction of sp³-hybridized carbons (Fsp3) is 0.111. The van der Waals surface area contributed by atoms with Gasteiger partial charge in [0.2, 0.25) is 0 Å². The minimum absolute atomic E-state index is 0.495. The standard InChI is InChI=1S/C18H17Cl3Si2/c1-12-13(2)18(22-17(12)14-6-4-3-5-7-14)15-8-10-16(11-9-15)23(19,20)21/h3-11H,22H2,1-2H3. The topological polar surface area (TPSA) is 0 Å². The third-order valence-electron chi connectivity index (χ3n) is 4.50. The van der Waals surface area contributed by atoms with Gasteiger partial charge in [-0.2, -0.15) is 0 Å². The molecule has 3 rings (SSSR count). The lowest BCUT2D eigenvalue weighted by molar-refractivity contribution is 1.38. The molecule has 0 atom stereocenters. The Labute approximate surface area is 154 Å². The van der Waals surface area contributed by atoms with Crippen LogP contribution in [0.2, 0.25) is 0 Å². The van der Waals surface area contributed by atoms with E-state index in [2.05, 4.69) is 56.3 Å². The van der Waals surface area contributed by atoms with E-state index in [4.69, 9.17) is 33.2 Å². The van der Waals surface area contributed by atoms with Gasteiger partial charge in [0, 0.05) is 0 Å². The van der Waals surface area contributed by atoms with Gasteiger partial charge in [0.1, 0.15) is 0 Å². The van der Waals surface area contributed by atoms with Gasteiger partial charge in [-0.1, -0.05) is 65.0 Å². The molecule has 2 aromatic carbocycles. The van der Waals surface area contributed by atoms with Crippen LogP contribution in [-0.4, -0.2) is 15.5 Å². The average molecular weight is 396 g/mol. The number of benzene rings is 2. The number of hydrogen-bond acceptors (Lipinski definition) is 0. The van der Waals surface area contributed by atoms with E-state index in [9.17, 15) is 0 Å². The summed E-state index contributed by atoms with van der Waals surface area (Å²) in [5.74, 6) is 0. The van der Waals surface area contributed by atoms with Crippen molar-refractivity contribution in [3.63, 3.8) is 0 Å². The van der Waals surface area contributed by atoms with E-state index in [1.807, 2.05) is 12.1 Å². The molecule has 0 amide bonds. The second-order valence-corrected chi connectivity index (χ2v) is 16.0. The lowest BCUT2D eigenvalue weighted by Gasteiger charge is -2.11. The highest BCUT2D eigenvalue weighted by atomic mass is 35.8. The van der Waals surface area contributed by atoms with Crippen molar-refractivity contribution in [3.8, 4) is 0 Å². The molecule has 0 aliphatic carbocycles. The summed E-state index contributed by atoms with van der Waals surface area (Å²) in [7, 11) is -0.495. The second kappa shape index (κ2) is 6.62. The number of rotatable bonds is 3. The van der Waals surface area contributed by atoms with E-state index in [0.29, 0.717) is 0 Å². The largest absolute Gasteiger partial charge is 0.372 e. The highest BCUT2D eigenvalue weighted by Crippen LogP contribution is 2.36. The Morgan fingerprint density at radius 3 is 1.65 bits per heavy atom. The lowest BCUT2D eigenvalue weighted by Crippen LogP contribution is -2.29. The molecule has 0 spiro atoms. The zero-order valence-corrected chi connectivity index (χ0v) is 17.7. The normalized spacial score (nSPS) is 16.6. The molecule has 2 aromatic rings. The van der Waals surface area contributed by atoms with Crippen LogP contribution in [0.1, 0.15) is 25.0 Å². The van der Waals surface area contributed by atoms with Crippen molar-refractivity contribution in [2.24, 2.45) is 0 Å². The molecule has 1 aliphatic heterocycles. The fourth-order valence-corrected chi connectivity index (χ4v) is 7.00. The molecule has 0 nitrogen and oxygen atoms in total. The molecule has 118 valence electrons. The molecule has 23 heavy (non-hydrogen) atoms. The summed E-state index contributed by atoms with van der Waals surface area (Å²) in [5.41, 5.74) is 5.47. The van der Waals surface area contributed by atoms with Gasteiger partial charge in [0.05, 0.1) is 9.52 Å². The molecule has 0 aromatic heterocycles. The molecule has 0 unspecified atom stereocenters. The molecule has 1 aliphatic rings. The predicted molar refractivity (Wildman–Crippen MR) is 110 cm³/mol. The third-order valence-corrected chi connectivity index (χ3v) is 10.0. The van der Waals surface area contributed by atoms with Gasteiger partial charge < -0.3 is 0 Å². The fourth-order valence-electron chi connectivity index (χ4n) is 3.03.